The van der Waals surface area contributed by atoms with E-state index in [0.29, 0.717) is 20.0 Å². The summed E-state index contributed by atoms with van der Waals surface area (Å²) in [7, 11) is 0. The SMILES string of the molecule is CC1(COCOCC2(C)CO2)CO1. The van der Waals surface area contributed by atoms with E-state index in [2.05, 4.69) is 0 Å². The molecular weight excluding hydrogens is 172 g/mol. The van der Waals surface area contributed by atoms with Crippen LogP contribution in [0.2, 0.25) is 0 Å². The Hall–Kier alpha value is -0.160. The topological polar surface area (TPSA) is 43.5 Å². The van der Waals surface area contributed by atoms with Crippen molar-refractivity contribution in [2.75, 3.05) is 33.2 Å². The molecule has 76 valence electrons. The van der Waals surface area contributed by atoms with Crippen LogP contribution >= 0.6 is 0 Å². The largest absolute Gasteiger partial charge is 0.367 e. The van der Waals surface area contributed by atoms with E-state index in [9.17, 15) is 0 Å². The van der Waals surface area contributed by atoms with Crippen LogP contribution in [-0.4, -0.2) is 44.4 Å². The summed E-state index contributed by atoms with van der Waals surface area (Å²) in [5.41, 5.74) is -0.0767. The van der Waals surface area contributed by atoms with Gasteiger partial charge in [0.15, 0.2) is 0 Å². The Labute approximate surface area is 78.1 Å². The summed E-state index contributed by atoms with van der Waals surface area (Å²) < 4.78 is 20.9. The fraction of sp³-hybridized carbons (Fsp3) is 1.00. The van der Waals surface area contributed by atoms with Crippen LogP contribution in [0.4, 0.5) is 0 Å². The van der Waals surface area contributed by atoms with Gasteiger partial charge in [-0.05, 0) is 13.8 Å². The highest BCUT2D eigenvalue weighted by Crippen LogP contribution is 2.27. The summed E-state index contributed by atoms with van der Waals surface area (Å²) in [4.78, 5) is 0. The minimum atomic E-state index is -0.0384. The second-order valence-corrected chi connectivity index (χ2v) is 4.29. The van der Waals surface area contributed by atoms with Gasteiger partial charge in [-0.2, -0.15) is 0 Å². The van der Waals surface area contributed by atoms with E-state index in [1.54, 1.807) is 0 Å². The van der Waals surface area contributed by atoms with E-state index in [0.717, 1.165) is 13.2 Å². The molecule has 2 unspecified atom stereocenters. The Morgan fingerprint density at radius 1 is 1.00 bits per heavy atom. The third-order valence-electron chi connectivity index (χ3n) is 2.26. The van der Waals surface area contributed by atoms with Gasteiger partial charge in [0.1, 0.15) is 18.0 Å². The number of rotatable bonds is 6. The van der Waals surface area contributed by atoms with Crippen molar-refractivity contribution in [3.05, 3.63) is 0 Å². The lowest BCUT2D eigenvalue weighted by atomic mass is 10.2. The summed E-state index contributed by atoms with van der Waals surface area (Å²) >= 11 is 0. The molecule has 13 heavy (non-hydrogen) atoms. The molecule has 2 saturated heterocycles. The molecule has 0 aromatic rings. The van der Waals surface area contributed by atoms with E-state index >= 15 is 0 Å². The quantitative estimate of drug-likeness (QED) is 0.347. The molecule has 0 N–H and O–H groups in total. The first kappa shape index (κ1) is 9.40. The Morgan fingerprint density at radius 3 is 1.69 bits per heavy atom. The lowest BCUT2D eigenvalue weighted by molar-refractivity contribution is -0.0777. The first-order chi connectivity index (χ1) is 6.12. The number of ether oxygens (including phenoxy) is 4. The van der Waals surface area contributed by atoms with Crippen LogP contribution in [0.1, 0.15) is 13.8 Å². The monoisotopic (exact) mass is 188 g/mol. The molecule has 0 amide bonds. The van der Waals surface area contributed by atoms with Crippen LogP contribution < -0.4 is 0 Å². The maximum absolute atomic E-state index is 5.28. The molecule has 2 aliphatic heterocycles. The molecule has 0 aromatic heterocycles. The normalized spacial score (nSPS) is 42.0. The lowest BCUT2D eigenvalue weighted by Crippen LogP contribution is -2.19. The van der Waals surface area contributed by atoms with Crippen molar-refractivity contribution >= 4 is 0 Å². The molecule has 2 heterocycles. The fourth-order valence-electron chi connectivity index (χ4n) is 0.987. The van der Waals surface area contributed by atoms with Gasteiger partial charge in [0.05, 0.1) is 26.4 Å². The predicted octanol–water partition coefficient (Wildman–Crippen LogP) is 0.555. The van der Waals surface area contributed by atoms with Crippen molar-refractivity contribution in [2.24, 2.45) is 0 Å². The van der Waals surface area contributed by atoms with Crippen LogP contribution in [0.5, 0.6) is 0 Å². The molecular formula is C9H16O4. The molecule has 0 aromatic carbocycles. The zero-order chi connectivity index (χ0) is 9.36. The standard InChI is InChI=1S/C9H16O4/c1-8(5-12-8)3-10-7-11-4-9(2)6-13-9/h3-7H2,1-2H3. The molecule has 0 spiro atoms. The number of hydrogen-bond acceptors (Lipinski definition) is 4. The summed E-state index contributed by atoms with van der Waals surface area (Å²) in [6.45, 7) is 7.21. The van der Waals surface area contributed by atoms with Gasteiger partial charge in [-0.15, -0.1) is 0 Å². The van der Waals surface area contributed by atoms with Crippen molar-refractivity contribution in [3.63, 3.8) is 0 Å². The molecule has 4 heteroatoms. The van der Waals surface area contributed by atoms with Crippen molar-refractivity contribution in [1.29, 1.82) is 0 Å². The van der Waals surface area contributed by atoms with Crippen molar-refractivity contribution in [1.82, 2.24) is 0 Å². The van der Waals surface area contributed by atoms with Gasteiger partial charge in [-0.3, -0.25) is 0 Å². The Morgan fingerprint density at radius 2 is 1.38 bits per heavy atom. The molecule has 0 bridgehead atoms. The Balaban J connectivity index is 1.45. The second-order valence-electron chi connectivity index (χ2n) is 4.29. The average Bonchev–Trinajstić information content (AvgIpc) is 2.95. The zero-order valence-electron chi connectivity index (χ0n) is 8.17. The maximum atomic E-state index is 5.28. The van der Waals surface area contributed by atoms with E-state index in [1.165, 1.54) is 0 Å². The van der Waals surface area contributed by atoms with Crippen LogP contribution in [-0.2, 0) is 18.9 Å². The van der Waals surface area contributed by atoms with Gasteiger partial charge in [0.25, 0.3) is 0 Å². The number of hydrogen-bond donors (Lipinski definition) is 0. The molecule has 2 rings (SSSR count). The van der Waals surface area contributed by atoms with Gasteiger partial charge in [0.2, 0.25) is 0 Å². The van der Waals surface area contributed by atoms with Gasteiger partial charge in [-0.25, -0.2) is 0 Å². The van der Waals surface area contributed by atoms with E-state index in [4.69, 9.17) is 18.9 Å². The molecule has 0 radical (unpaired) electrons. The first-order valence-electron chi connectivity index (χ1n) is 4.55. The van der Waals surface area contributed by atoms with Crippen LogP contribution in [0.3, 0.4) is 0 Å². The van der Waals surface area contributed by atoms with Crippen molar-refractivity contribution < 1.29 is 18.9 Å². The summed E-state index contributed by atoms with van der Waals surface area (Å²) in [5.74, 6) is 0. The van der Waals surface area contributed by atoms with Crippen molar-refractivity contribution in [2.45, 2.75) is 25.0 Å². The average molecular weight is 188 g/mol. The second kappa shape index (κ2) is 3.20. The van der Waals surface area contributed by atoms with Gasteiger partial charge in [0, 0.05) is 0 Å². The third kappa shape index (κ3) is 2.91. The van der Waals surface area contributed by atoms with Crippen molar-refractivity contribution in [3.8, 4) is 0 Å². The molecule has 4 nitrogen and oxygen atoms in total. The molecule has 0 saturated carbocycles. The fourth-order valence-corrected chi connectivity index (χ4v) is 0.987. The summed E-state index contributed by atoms with van der Waals surface area (Å²) in [6.07, 6.45) is 0. The van der Waals surface area contributed by atoms with Crippen LogP contribution in [0.25, 0.3) is 0 Å². The van der Waals surface area contributed by atoms with Crippen LogP contribution in [0, 0.1) is 0 Å². The van der Waals surface area contributed by atoms with Gasteiger partial charge in [-0.1, -0.05) is 0 Å². The maximum Gasteiger partial charge on any atom is 0.147 e. The Kier molecular flexibility index (Phi) is 2.32. The smallest absolute Gasteiger partial charge is 0.147 e. The Bertz CT molecular complexity index is 164. The highest BCUT2D eigenvalue weighted by molar-refractivity contribution is 4.87. The highest BCUT2D eigenvalue weighted by atomic mass is 16.7. The van der Waals surface area contributed by atoms with Gasteiger partial charge >= 0.3 is 0 Å². The van der Waals surface area contributed by atoms with Gasteiger partial charge < -0.3 is 18.9 Å². The molecule has 2 atom stereocenters. The molecule has 0 aliphatic carbocycles. The number of epoxide rings is 2. The third-order valence-corrected chi connectivity index (χ3v) is 2.26. The highest BCUT2D eigenvalue weighted by Gasteiger charge is 2.40. The zero-order valence-corrected chi connectivity index (χ0v) is 8.17. The summed E-state index contributed by atoms with van der Waals surface area (Å²) in [6, 6.07) is 0. The summed E-state index contributed by atoms with van der Waals surface area (Å²) in [5, 5.41) is 0. The van der Waals surface area contributed by atoms with E-state index < -0.39 is 0 Å². The van der Waals surface area contributed by atoms with Crippen LogP contribution in [0.15, 0.2) is 0 Å². The predicted molar refractivity (Wildman–Crippen MR) is 45.5 cm³/mol. The first-order valence-corrected chi connectivity index (χ1v) is 4.55. The minimum Gasteiger partial charge on any atom is -0.367 e. The van der Waals surface area contributed by atoms with E-state index in [-0.39, 0.29) is 11.2 Å². The molecule has 2 fully saturated rings. The van der Waals surface area contributed by atoms with E-state index in [1.807, 2.05) is 13.8 Å². The minimum absolute atomic E-state index is 0.0384. The molecule has 2 aliphatic rings. The lowest BCUT2D eigenvalue weighted by Gasteiger charge is -2.09.